The Morgan fingerprint density at radius 2 is 1.89 bits per heavy atom. The van der Waals surface area contributed by atoms with E-state index in [4.69, 9.17) is 4.74 Å². The number of ether oxygens (including phenoxy) is 1. The van der Waals surface area contributed by atoms with Crippen molar-refractivity contribution >= 4 is 11.7 Å². The predicted molar refractivity (Wildman–Crippen MR) is 67.4 cm³/mol. The maximum absolute atomic E-state index is 11.9. The van der Waals surface area contributed by atoms with E-state index in [1.165, 1.54) is 6.07 Å². The summed E-state index contributed by atoms with van der Waals surface area (Å²) in [5.74, 6) is -1.12. The maximum Gasteiger partial charge on any atom is 0.313 e. The summed E-state index contributed by atoms with van der Waals surface area (Å²) in [5, 5.41) is 10.9. The summed E-state index contributed by atoms with van der Waals surface area (Å²) in [6.45, 7) is 6.89. The maximum atomic E-state index is 11.9. The molecule has 0 heterocycles. The Bertz CT molecular complexity index is 462. The molecule has 0 aliphatic heterocycles. The highest BCUT2D eigenvalue weighted by Crippen LogP contribution is 2.28. The van der Waals surface area contributed by atoms with Gasteiger partial charge in [0.1, 0.15) is 5.60 Å². The molecule has 1 atom stereocenters. The number of hydrogen-bond donors (Lipinski definition) is 0. The molecule has 1 aromatic rings. The third-order valence-corrected chi connectivity index (χ3v) is 2.36. The second-order valence-corrected chi connectivity index (χ2v) is 5.07. The van der Waals surface area contributed by atoms with Crippen molar-refractivity contribution in [3.05, 3.63) is 39.9 Å². The van der Waals surface area contributed by atoms with Crippen LogP contribution in [0.3, 0.4) is 0 Å². The first-order valence-corrected chi connectivity index (χ1v) is 5.68. The zero-order valence-corrected chi connectivity index (χ0v) is 11.0. The van der Waals surface area contributed by atoms with Gasteiger partial charge in [-0.2, -0.15) is 0 Å². The molecule has 0 radical (unpaired) electrons. The van der Waals surface area contributed by atoms with Crippen molar-refractivity contribution in [1.29, 1.82) is 0 Å². The summed E-state index contributed by atoms with van der Waals surface area (Å²) < 4.78 is 5.23. The highest BCUT2D eigenvalue weighted by molar-refractivity contribution is 5.79. The molecule has 0 bridgehead atoms. The van der Waals surface area contributed by atoms with Gasteiger partial charge < -0.3 is 4.74 Å². The molecule has 1 aromatic carbocycles. The summed E-state index contributed by atoms with van der Waals surface area (Å²) >= 11 is 0. The van der Waals surface area contributed by atoms with Crippen LogP contribution < -0.4 is 0 Å². The van der Waals surface area contributed by atoms with Gasteiger partial charge in [-0.1, -0.05) is 18.2 Å². The van der Waals surface area contributed by atoms with Crippen molar-refractivity contribution < 1.29 is 14.5 Å². The fraction of sp³-hybridized carbons (Fsp3) is 0.462. The molecule has 5 heteroatoms. The van der Waals surface area contributed by atoms with Gasteiger partial charge in [0, 0.05) is 11.6 Å². The summed E-state index contributed by atoms with van der Waals surface area (Å²) in [6, 6.07) is 6.20. The van der Waals surface area contributed by atoms with Crippen molar-refractivity contribution in [2.24, 2.45) is 0 Å². The van der Waals surface area contributed by atoms with Crippen molar-refractivity contribution in [2.45, 2.75) is 39.2 Å². The monoisotopic (exact) mass is 251 g/mol. The molecule has 5 nitrogen and oxygen atoms in total. The first-order chi connectivity index (χ1) is 8.22. The number of nitrogens with zero attached hydrogens (tertiary/aromatic N) is 1. The molecule has 0 N–H and O–H groups in total. The summed E-state index contributed by atoms with van der Waals surface area (Å²) in [7, 11) is 0. The van der Waals surface area contributed by atoms with Crippen molar-refractivity contribution in [3.63, 3.8) is 0 Å². The van der Waals surface area contributed by atoms with Crippen LogP contribution in [0.25, 0.3) is 0 Å². The number of carbonyl (C=O) groups is 1. The molecular formula is C13H17NO4. The van der Waals surface area contributed by atoms with Gasteiger partial charge in [0.15, 0.2) is 0 Å². The summed E-state index contributed by atoms with van der Waals surface area (Å²) in [6.07, 6.45) is 0. The molecule has 98 valence electrons. The average molecular weight is 251 g/mol. The predicted octanol–water partition coefficient (Wildman–Crippen LogP) is 3.04. The Labute approximate surface area is 106 Å². The van der Waals surface area contributed by atoms with E-state index in [-0.39, 0.29) is 5.69 Å². The fourth-order valence-electron chi connectivity index (χ4n) is 1.54. The van der Waals surface area contributed by atoms with Gasteiger partial charge in [0.25, 0.3) is 5.69 Å². The van der Waals surface area contributed by atoms with Crippen LogP contribution in [0.2, 0.25) is 0 Å². The highest BCUT2D eigenvalue weighted by Gasteiger charge is 2.27. The fourth-order valence-corrected chi connectivity index (χ4v) is 1.54. The topological polar surface area (TPSA) is 69.4 Å². The number of hydrogen-bond acceptors (Lipinski definition) is 4. The molecule has 0 saturated carbocycles. The molecule has 0 aromatic heterocycles. The van der Waals surface area contributed by atoms with Crippen LogP contribution in [0.5, 0.6) is 0 Å². The third-order valence-electron chi connectivity index (χ3n) is 2.36. The van der Waals surface area contributed by atoms with Crippen LogP contribution in [0, 0.1) is 10.1 Å². The Hall–Kier alpha value is -1.91. The Kier molecular flexibility index (Phi) is 4.06. The normalized spacial score (nSPS) is 12.9. The van der Waals surface area contributed by atoms with E-state index in [0.717, 1.165) is 0 Å². The molecule has 1 rings (SSSR count). The zero-order valence-electron chi connectivity index (χ0n) is 11.0. The lowest BCUT2D eigenvalue weighted by molar-refractivity contribution is -0.385. The van der Waals surface area contributed by atoms with Crippen LogP contribution in [0.4, 0.5) is 5.69 Å². The van der Waals surface area contributed by atoms with Crippen molar-refractivity contribution in [1.82, 2.24) is 0 Å². The number of benzene rings is 1. The van der Waals surface area contributed by atoms with Crippen LogP contribution in [0.1, 0.15) is 39.2 Å². The van der Waals surface area contributed by atoms with Crippen molar-refractivity contribution in [3.8, 4) is 0 Å². The van der Waals surface area contributed by atoms with E-state index in [1.54, 1.807) is 45.9 Å². The molecule has 0 amide bonds. The first kappa shape index (κ1) is 14.2. The lowest BCUT2D eigenvalue weighted by atomic mass is 9.99. The smallest absolute Gasteiger partial charge is 0.313 e. The van der Waals surface area contributed by atoms with E-state index in [2.05, 4.69) is 0 Å². The van der Waals surface area contributed by atoms with E-state index in [1.807, 2.05) is 0 Å². The standard InChI is InChI=1S/C13H17NO4/c1-9(12(15)18-13(2,3)4)10-7-5-6-8-11(10)14(16)17/h5-9H,1-4H3/t9-/m0/s1. The number of carbonyl (C=O) groups excluding carboxylic acids is 1. The minimum absolute atomic E-state index is 0.0594. The minimum Gasteiger partial charge on any atom is -0.460 e. The van der Waals surface area contributed by atoms with E-state index < -0.39 is 22.4 Å². The Morgan fingerprint density at radius 1 is 1.33 bits per heavy atom. The minimum atomic E-state index is -0.661. The van der Waals surface area contributed by atoms with Gasteiger partial charge in [0.2, 0.25) is 0 Å². The van der Waals surface area contributed by atoms with Gasteiger partial charge in [-0.25, -0.2) is 0 Å². The molecular weight excluding hydrogens is 234 g/mol. The number of nitro benzene ring substituents is 1. The lowest BCUT2D eigenvalue weighted by Crippen LogP contribution is -2.27. The van der Waals surface area contributed by atoms with Gasteiger partial charge in [0.05, 0.1) is 10.8 Å². The second kappa shape index (κ2) is 5.16. The molecule has 0 unspecified atom stereocenters. The average Bonchev–Trinajstić information content (AvgIpc) is 2.25. The molecule has 18 heavy (non-hydrogen) atoms. The number of esters is 1. The highest BCUT2D eigenvalue weighted by atomic mass is 16.6. The van der Waals surface area contributed by atoms with Crippen LogP contribution in [-0.4, -0.2) is 16.5 Å². The molecule has 0 fully saturated rings. The van der Waals surface area contributed by atoms with Crippen molar-refractivity contribution in [2.75, 3.05) is 0 Å². The van der Waals surface area contributed by atoms with Crippen LogP contribution in [0.15, 0.2) is 24.3 Å². The third kappa shape index (κ3) is 3.55. The SMILES string of the molecule is C[C@H](C(=O)OC(C)(C)C)c1ccccc1[N+](=O)[O-]. The van der Waals surface area contributed by atoms with Gasteiger partial charge >= 0.3 is 5.97 Å². The molecule has 0 saturated heterocycles. The Morgan fingerprint density at radius 3 is 2.39 bits per heavy atom. The van der Waals surface area contributed by atoms with Crippen LogP contribution in [-0.2, 0) is 9.53 Å². The summed E-state index contributed by atoms with van der Waals surface area (Å²) in [5.41, 5.74) is -0.290. The van der Waals surface area contributed by atoms with Gasteiger partial charge in [-0.05, 0) is 27.7 Å². The van der Waals surface area contributed by atoms with E-state index in [0.29, 0.717) is 5.56 Å². The van der Waals surface area contributed by atoms with Gasteiger partial charge in [-0.15, -0.1) is 0 Å². The molecule has 0 aliphatic rings. The first-order valence-electron chi connectivity index (χ1n) is 5.68. The second-order valence-electron chi connectivity index (χ2n) is 5.07. The van der Waals surface area contributed by atoms with Gasteiger partial charge in [-0.3, -0.25) is 14.9 Å². The molecule has 0 spiro atoms. The van der Waals surface area contributed by atoms with E-state index in [9.17, 15) is 14.9 Å². The summed E-state index contributed by atoms with van der Waals surface area (Å²) in [4.78, 5) is 22.3. The number of para-hydroxylation sites is 1. The number of rotatable bonds is 3. The number of nitro groups is 1. The lowest BCUT2D eigenvalue weighted by Gasteiger charge is -2.22. The zero-order chi connectivity index (χ0) is 13.9. The largest absolute Gasteiger partial charge is 0.460 e. The quantitative estimate of drug-likeness (QED) is 0.470. The molecule has 0 aliphatic carbocycles. The Balaban J connectivity index is 3.00. The van der Waals surface area contributed by atoms with E-state index >= 15 is 0 Å². The van der Waals surface area contributed by atoms with Crippen LogP contribution >= 0.6 is 0 Å².